The Morgan fingerprint density at radius 3 is 2.71 bits per heavy atom. The third-order valence-electron chi connectivity index (χ3n) is 3.53. The molecule has 2 heterocycles. The lowest BCUT2D eigenvalue weighted by molar-refractivity contribution is -0.170. The molecule has 2 fully saturated rings. The summed E-state index contributed by atoms with van der Waals surface area (Å²) in [6.07, 6.45) is 0.429. The molecule has 0 aromatic carbocycles. The lowest BCUT2D eigenvalue weighted by atomic mass is 9.89. The Morgan fingerprint density at radius 2 is 2.19 bits per heavy atom. The lowest BCUT2D eigenvalue weighted by Gasteiger charge is -2.52. The number of hydrogen-bond acceptors (Lipinski definition) is 5. The lowest BCUT2D eigenvalue weighted by Crippen LogP contribution is -2.77. The average molecular weight is 316 g/mol. The van der Waals surface area contributed by atoms with Gasteiger partial charge >= 0.3 is 5.97 Å². The molecule has 0 saturated carbocycles. The van der Waals surface area contributed by atoms with Crippen molar-refractivity contribution in [3.63, 3.8) is 0 Å². The van der Waals surface area contributed by atoms with Crippen LogP contribution in [-0.2, 0) is 30.3 Å². The zero-order valence-corrected chi connectivity index (χ0v) is 13.4. The topological polar surface area (TPSA) is 98.8 Å². The van der Waals surface area contributed by atoms with Crippen LogP contribution in [0.5, 0.6) is 0 Å². The highest BCUT2D eigenvalue weighted by Crippen LogP contribution is 2.39. The second-order valence-electron chi connectivity index (χ2n) is 6.71. The van der Waals surface area contributed by atoms with Crippen molar-refractivity contribution in [2.45, 2.75) is 44.7 Å². The number of esters is 1. The summed E-state index contributed by atoms with van der Waals surface area (Å²) in [4.78, 5) is 36.1. The predicted molar refractivity (Wildman–Crippen MR) is 75.5 cm³/mol. The molecule has 2 aliphatic rings. The molecule has 0 bridgehead atoms. The standard InChI is InChI=1S/C13H20N2O5S/c1-12(2,3)20-11(18)13(4)5-15-9(17)8(14-7-16)10(15)21(19)6-13/h7-8,10H,5-6H2,1-4H3,(H,14,16)/t8?,10-,13?,21?/m1/s1. The quantitative estimate of drug-likeness (QED) is 0.324. The zero-order valence-electron chi connectivity index (χ0n) is 12.5. The highest BCUT2D eigenvalue weighted by atomic mass is 32.2. The van der Waals surface area contributed by atoms with Gasteiger partial charge < -0.3 is 14.6 Å². The first-order valence-corrected chi connectivity index (χ1v) is 8.08. The van der Waals surface area contributed by atoms with Crippen LogP contribution >= 0.6 is 0 Å². The SMILES string of the molecule is CC(C)(C)OC(=O)C1(C)CN2C(=O)C(NC=O)[C@H]2[S+]([O-])C1. The van der Waals surface area contributed by atoms with E-state index in [9.17, 15) is 18.9 Å². The summed E-state index contributed by atoms with van der Waals surface area (Å²) in [6.45, 7) is 7.10. The summed E-state index contributed by atoms with van der Waals surface area (Å²) in [5, 5.41) is 1.83. The van der Waals surface area contributed by atoms with Crippen LogP contribution in [0.4, 0.5) is 0 Å². The Labute approximate surface area is 126 Å². The van der Waals surface area contributed by atoms with Crippen LogP contribution in [0.25, 0.3) is 0 Å². The summed E-state index contributed by atoms with van der Waals surface area (Å²) in [5.74, 6) is -0.649. The number of carbonyl (C=O) groups is 3. The van der Waals surface area contributed by atoms with Crippen LogP contribution in [0.1, 0.15) is 27.7 Å². The first-order valence-electron chi connectivity index (χ1n) is 6.70. The van der Waals surface area contributed by atoms with Crippen LogP contribution in [0.3, 0.4) is 0 Å². The van der Waals surface area contributed by atoms with E-state index in [1.807, 2.05) is 0 Å². The van der Waals surface area contributed by atoms with Gasteiger partial charge in [-0.1, -0.05) is 0 Å². The van der Waals surface area contributed by atoms with Crippen LogP contribution in [-0.4, -0.2) is 57.1 Å². The number of amides is 2. The average Bonchev–Trinajstić information content (AvgIpc) is 2.34. The molecule has 0 aromatic rings. The van der Waals surface area contributed by atoms with Crippen molar-refractivity contribution < 1.29 is 23.7 Å². The van der Waals surface area contributed by atoms with Crippen LogP contribution in [0.15, 0.2) is 0 Å². The molecule has 8 heteroatoms. The van der Waals surface area contributed by atoms with Gasteiger partial charge in [0, 0.05) is 6.54 Å². The number of rotatable bonds is 3. The van der Waals surface area contributed by atoms with E-state index >= 15 is 0 Å². The summed E-state index contributed by atoms with van der Waals surface area (Å²) >= 11 is -1.42. The van der Waals surface area contributed by atoms with E-state index in [4.69, 9.17) is 4.74 Å². The first kappa shape index (κ1) is 16.1. The molecule has 4 atom stereocenters. The zero-order chi connectivity index (χ0) is 16.0. The minimum atomic E-state index is -1.42. The monoisotopic (exact) mass is 316 g/mol. The number of carbonyl (C=O) groups excluding carboxylic acids is 3. The number of fused-ring (bicyclic) bond motifs is 1. The van der Waals surface area contributed by atoms with Gasteiger partial charge in [-0.15, -0.1) is 0 Å². The summed E-state index contributed by atoms with van der Waals surface area (Å²) in [5.41, 5.74) is -1.63. The largest absolute Gasteiger partial charge is 0.615 e. The van der Waals surface area contributed by atoms with Crippen molar-refractivity contribution in [2.75, 3.05) is 12.3 Å². The second-order valence-corrected chi connectivity index (χ2v) is 8.24. The molecule has 7 nitrogen and oxygen atoms in total. The molecule has 21 heavy (non-hydrogen) atoms. The van der Waals surface area contributed by atoms with Crippen molar-refractivity contribution in [2.24, 2.45) is 5.41 Å². The smallest absolute Gasteiger partial charge is 0.318 e. The number of hydrogen-bond donors (Lipinski definition) is 1. The summed E-state index contributed by atoms with van der Waals surface area (Å²) in [7, 11) is 0. The highest BCUT2D eigenvalue weighted by molar-refractivity contribution is 7.92. The van der Waals surface area contributed by atoms with E-state index in [1.54, 1.807) is 27.7 Å². The van der Waals surface area contributed by atoms with E-state index in [0.29, 0.717) is 6.41 Å². The van der Waals surface area contributed by atoms with Gasteiger partial charge in [-0.3, -0.25) is 19.3 Å². The van der Waals surface area contributed by atoms with E-state index in [1.165, 1.54) is 4.90 Å². The number of nitrogens with zero attached hydrogens (tertiary/aromatic N) is 1. The van der Waals surface area contributed by atoms with Gasteiger partial charge in [-0.2, -0.15) is 0 Å². The maximum absolute atomic E-state index is 12.3. The van der Waals surface area contributed by atoms with E-state index in [0.717, 1.165) is 0 Å². The number of nitrogens with one attached hydrogen (secondary N) is 1. The molecular weight excluding hydrogens is 296 g/mol. The summed E-state index contributed by atoms with van der Waals surface area (Å²) < 4.78 is 17.7. The van der Waals surface area contributed by atoms with Gasteiger partial charge in [0.05, 0.1) is 0 Å². The fourth-order valence-electron chi connectivity index (χ4n) is 2.56. The summed E-state index contributed by atoms with van der Waals surface area (Å²) in [6, 6.07) is -0.744. The van der Waals surface area contributed by atoms with Gasteiger partial charge in [-0.05, 0) is 38.9 Å². The fourth-order valence-corrected chi connectivity index (χ4v) is 4.53. The van der Waals surface area contributed by atoms with Gasteiger partial charge in [0.2, 0.25) is 11.8 Å². The molecule has 0 radical (unpaired) electrons. The predicted octanol–water partition coefficient (Wildman–Crippen LogP) is -0.620. The van der Waals surface area contributed by atoms with Gasteiger partial charge in [0.1, 0.15) is 16.8 Å². The molecule has 1 N–H and O–H groups in total. The van der Waals surface area contributed by atoms with Crippen molar-refractivity contribution in [1.29, 1.82) is 0 Å². The molecule has 2 rings (SSSR count). The van der Waals surface area contributed by atoms with E-state index < -0.39 is 39.6 Å². The Morgan fingerprint density at radius 1 is 1.57 bits per heavy atom. The molecule has 0 aromatic heterocycles. The van der Waals surface area contributed by atoms with Crippen LogP contribution in [0.2, 0.25) is 0 Å². The molecule has 2 saturated heterocycles. The Kier molecular flexibility index (Phi) is 3.96. The molecule has 0 spiro atoms. The highest BCUT2D eigenvalue weighted by Gasteiger charge is 2.63. The van der Waals surface area contributed by atoms with Gasteiger partial charge in [0.15, 0.2) is 6.04 Å². The van der Waals surface area contributed by atoms with Gasteiger partial charge in [-0.25, -0.2) is 0 Å². The van der Waals surface area contributed by atoms with Crippen molar-refractivity contribution in [3.05, 3.63) is 0 Å². The van der Waals surface area contributed by atoms with Crippen molar-refractivity contribution >= 4 is 29.5 Å². The maximum atomic E-state index is 12.3. The molecule has 2 amide bonds. The number of β-lactam (4-membered cyclic amide) rings is 1. The Bertz CT molecular complexity index is 478. The third kappa shape index (κ3) is 2.87. The fraction of sp³-hybridized carbons (Fsp3) is 0.769. The molecule has 3 unspecified atom stereocenters. The Hall–Kier alpha value is -1.28. The van der Waals surface area contributed by atoms with Crippen molar-refractivity contribution in [1.82, 2.24) is 10.2 Å². The van der Waals surface area contributed by atoms with Crippen LogP contribution < -0.4 is 5.32 Å². The normalized spacial score (nSPS) is 35.6. The van der Waals surface area contributed by atoms with E-state index in [2.05, 4.69) is 5.32 Å². The van der Waals surface area contributed by atoms with E-state index in [-0.39, 0.29) is 18.2 Å². The minimum absolute atomic E-state index is 0.118. The first-order chi connectivity index (χ1) is 9.59. The molecule has 0 aliphatic carbocycles. The Balaban J connectivity index is 2.12. The third-order valence-corrected chi connectivity index (χ3v) is 5.52. The van der Waals surface area contributed by atoms with Crippen LogP contribution in [0, 0.1) is 5.41 Å². The second kappa shape index (κ2) is 5.17. The van der Waals surface area contributed by atoms with Gasteiger partial charge in [0.25, 0.3) is 5.91 Å². The number of ether oxygens (including phenoxy) is 1. The molecule has 2 aliphatic heterocycles. The molecule has 118 valence electrons. The molecular formula is C13H20N2O5S. The van der Waals surface area contributed by atoms with Crippen molar-refractivity contribution in [3.8, 4) is 0 Å². The maximum Gasteiger partial charge on any atom is 0.318 e. The minimum Gasteiger partial charge on any atom is -0.615 e.